The molecule has 7 heteroatoms. The first-order chi connectivity index (χ1) is 11.5. The van der Waals surface area contributed by atoms with Crippen molar-refractivity contribution in [3.63, 3.8) is 0 Å². The first-order valence-electron chi connectivity index (χ1n) is 7.47. The van der Waals surface area contributed by atoms with Crippen molar-refractivity contribution in [2.24, 2.45) is 0 Å². The summed E-state index contributed by atoms with van der Waals surface area (Å²) in [4.78, 5) is 26.8. The maximum Gasteiger partial charge on any atom is 0.244 e. The fourth-order valence-electron chi connectivity index (χ4n) is 2.16. The number of hydrogen-bond donors (Lipinski definition) is 1. The highest BCUT2D eigenvalue weighted by molar-refractivity contribution is 7.09. The van der Waals surface area contributed by atoms with E-state index in [0.717, 1.165) is 12.8 Å². The van der Waals surface area contributed by atoms with Crippen LogP contribution >= 0.6 is 34.5 Å². The van der Waals surface area contributed by atoms with Crippen molar-refractivity contribution in [2.45, 2.75) is 19.3 Å². The van der Waals surface area contributed by atoms with Gasteiger partial charge in [-0.25, -0.2) is 0 Å². The number of rotatable bonds is 7. The summed E-state index contributed by atoms with van der Waals surface area (Å²) in [6.45, 7) is -0.0423. The molecule has 1 heterocycles. The van der Waals surface area contributed by atoms with Gasteiger partial charge in [0, 0.05) is 18.3 Å². The second-order valence-electron chi connectivity index (χ2n) is 5.33. The van der Waals surface area contributed by atoms with Crippen LogP contribution in [0.3, 0.4) is 0 Å². The zero-order valence-electron chi connectivity index (χ0n) is 13.2. The molecule has 0 aliphatic carbocycles. The molecule has 1 N–H and O–H groups in total. The second kappa shape index (κ2) is 9.06. The smallest absolute Gasteiger partial charge is 0.244 e. The van der Waals surface area contributed by atoms with E-state index in [9.17, 15) is 9.59 Å². The number of amides is 2. The minimum atomic E-state index is -0.334. The summed E-state index contributed by atoms with van der Waals surface area (Å²) in [6.07, 6.45) is 2.05. The molecule has 2 rings (SSSR count). The molecule has 1 aromatic heterocycles. The average Bonchev–Trinajstić information content (AvgIpc) is 3.04. The van der Waals surface area contributed by atoms with Gasteiger partial charge in [0.1, 0.15) is 0 Å². The summed E-state index contributed by atoms with van der Waals surface area (Å²) in [5.41, 5.74) is 0.365. The molecule has 0 atom stereocenters. The standard InChI is InChI=1S/C17H18Cl2N2O2S/c1-21(16(23)9-2-5-12-6-4-10-24-12)11-15(22)20-17-13(18)7-3-8-14(17)19/h3-4,6-8,10H,2,5,9,11H2,1H3,(H,20,22). The molecule has 128 valence electrons. The molecule has 1 aromatic carbocycles. The third-order valence-corrected chi connectivity index (χ3v) is 4.99. The molecule has 4 nitrogen and oxygen atoms in total. The molecule has 0 bridgehead atoms. The number of thiophene rings is 1. The van der Waals surface area contributed by atoms with Crippen LogP contribution in [0.25, 0.3) is 0 Å². The van der Waals surface area contributed by atoms with E-state index in [0.29, 0.717) is 22.2 Å². The fraction of sp³-hybridized carbons (Fsp3) is 0.294. The zero-order valence-corrected chi connectivity index (χ0v) is 15.5. The number of benzene rings is 1. The molecule has 24 heavy (non-hydrogen) atoms. The highest BCUT2D eigenvalue weighted by Crippen LogP contribution is 2.29. The van der Waals surface area contributed by atoms with E-state index >= 15 is 0 Å². The maximum atomic E-state index is 12.1. The van der Waals surface area contributed by atoms with Crippen LogP contribution in [0.1, 0.15) is 17.7 Å². The minimum absolute atomic E-state index is 0.0423. The van der Waals surface area contributed by atoms with E-state index in [4.69, 9.17) is 23.2 Å². The van der Waals surface area contributed by atoms with Gasteiger partial charge in [-0.05, 0) is 36.4 Å². The van der Waals surface area contributed by atoms with Crippen molar-refractivity contribution in [2.75, 3.05) is 18.9 Å². The number of anilines is 1. The predicted molar refractivity (Wildman–Crippen MR) is 100.0 cm³/mol. The van der Waals surface area contributed by atoms with Gasteiger partial charge in [-0.15, -0.1) is 11.3 Å². The molecule has 0 saturated carbocycles. The van der Waals surface area contributed by atoms with Gasteiger partial charge in [-0.1, -0.05) is 35.3 Å². The van der Waals surface area contributed by atoms with E-state index in [-0.39, 0.29) is 18.4 Å². The highest BCUT2D eigenvalue weighted by atomic mass is 35.5. The van der Waals surface area contributed by atoms with Crippen LogP contribution in [-0.4, -0.2) is 30.3 Å². The largest absolute Gasteiger partial charge is 0.336 e. The van der Waals surface area contributed by atoms with Crippen LogP contribution in [0, 0.1) is 0 Å². The molecule has 0 aliphatic heterocycles. The number of likely N-dealkylation sites (N-methyl/N-ethyl adjacent to an activating group) is 1. The molecular weight excluding hydrogens is 367 g/mol. The maximum absolute atomic E-state index is 12.1. The minimum Gasteiger partial charge on any atom is -0.336 e. The van der Waals surface area contributed by atoms with Gasteiger partial charge in [0.15, 0.2) is 0 Å². The van der Waals surface area contributed by atoms with Crippen LogP contribution < -0.4 is 5.32 Å². The van der Waals surface area contributed by atoms with E-state index in [1.54, 1.807) is 36.6 Å². The topological polar surface area (TPSA) is 49.4 Å². The fourth-order valence-corrected chi connectivity index (χ4v) is 3.40. The van der Waals surface area contributed by atoms with Gasteiger partial charge in [0.05, 0.1) is 22.3 Å². The number of nitrogens with one attached hydrogen (secondary N) is 1. The summed E-state index contributed by atoms with van der Waals surface area (Å²) in [7, 11) is 1.61. The van der Waals surface area contributed by atoms with Crippen LogP contribution in [0.4, 0.5) is 5.69 Å². The number of carbonyl (C=O) groups is 2. The van der Waals surface area contributed by atoms with E-state index in [1.165, 1.54) is 9.78 Å². The average molecular weight is 385 g/mol. The lowest BCUT2D eigenvalue weighted by Gasteiger charge is -2.17. The van der Waals surface area contributed by atoms with Gasteiger partial charge < -0.3 is 10.2 Å². The summed E-state index contributed by atoms with van der Waals surface area (Å²) in [6, 6.07) is 9.03. The van der Waals surface area contributed by atoms with Crippen LogP contribution in [0.2, 0.25) is 10.0 Å². The number of nitrogens with zero attached hydrogens (tertiary/aromatic N) is 1. The Morgan fingerprint density at radius 2 is 1.88 bits per heavy atom. The Hall–Kier alpha value is -1.56. The van der Waals surface area contributed by atoms with Crippen molar-refractivity contribution >= 4 is 52.0 Å². The molecule has 0 spiro atoms. The molecule has 0 saturated heterocycles. The summed E-state index contributed by atoms with van der Waals surface area (Å²) >= 11 is 13.7. The molecule has 2 aromatic rings. The highest BCUT2D eigenvalue weighted by Gasteiger charge is 2.15. The normalized spacial score (nSPS) is 10.5. The summed E-state index contributed by atoms with van der Waals surface area (Å²) in [5.74, 6) is -0.397. The number of hydrogen-bond acceptors (Lipinski definition) is 3. The predicted octanol–water partition coefficient (Wildman–Crippen LogP) is 4.47. The first kappa shape index (κ1) is 18.8. The second-order valence-corrected chi connectivity index (χ2v) is 7.17. The Kier molecular flexibility index (Phi) is 7.09. The number of aryl methyl sites for hydroxylation is 1. The SMILES string of the molecule is CN(CC(=O)Nc1c(Cl)cccc1Cl)C(=O)CCCc1cccs1. The Bertz CT molecular complexity index is 684. The molecule has 0 fully saturated rings. The van der Waals surface area contributed by atoms with E-state index < -0.39 is 0 Å². The van der Waals surface area contributed by atoms with Gasteiger partial charge in [-0.3, -0.25) is 9.59 Å². The van der Waals surface area contributed by atoms with Gasteiger partial charge >= 0.3 is 0 Å². The third-order valence-electron chi connectivity index (χ3n) is 3.43. The number of para-hydroxylation sites is 1. The lowest BCUT2D eigenvalue weighted by atomic mass is 10.2. The van der Waals surface area contributed by atoms with Gasteiger partial charge in [0.2, 0.25) is 11.8 Å². The Labute approximate surface area is 155 Å². The number of carbonyl (C=O) groups excluding carboxylic acids is 2. The van der Waals surface area contributed by atoms with Crippen molar-refractivity contribution in [3.05, 3.63) is 50.6 Å². The number of halogens is 2. The molecule has 0 aliphatic rings. The Morgan fingerprint density at radius 1 is 1.17 bits per heavy atom. The van der Waals surface area contributed by atoms with E-state index in [1.807, 2.05) is 11.4 Å². The van der Waals surface area contributed by atoms with Crippen LogP contribution in [-0.2, 0) is 16.0 Å². The van der Waals surface area contributed by atoms with Gasteiger partial charge in [0.25, 0.3) is 0 Å². The quantitative estimate of drug-likeness (QED) is 0.764. The zero-order chi connectivity index (χ0) is 17.5. The van der Waals surface area contributed by atoms with Crippen LogP contribution in [0.15, 0.2) is 35.7 Å². The first-order valence-corrected chi connectivity index (χ1v) is 9.11. The monoisotopic (exact) mass is 384 g/mol. The Balaban J connectivity index is 1.79. The molecular formula is C17H18Cl2N2O2S. The molecule has 2 amide bonds. The van der Waals surface area contributed by atoms with Crippen molar-refractivity contribution in [1.29, 1.82) is 0 Å². The molecule has 0 radical (unpaired) electrons. The summed E-state index contributed by atoms with van der Waals surface area (Å²) in [5, 5.41) is 5.39. The lowest BCUT2D eigenvalue weighted by molar-refractivity contribution is -0.133. The van der Waals surface area contributed by atoms with Crippen molar-refractivity contribution in [1.82, 2.24) is 4.90 Å². The van der Waals surface area contributed by atoms with E-state index in [2.05, 4.69) is 11.4 Å². The Morgan fingerprint density at radius 3 is 2.50 bits per heavy atom. The summed E-state index contributed by atoms with van der Waals surface area (Å²) < 4.78 is 0. The third kappa shape index (κ3) is 5.51. The molecule has 0 unspecified atom stereocenters. The van der Waals surface area contributed by atoms with Crippen LogP contribution in [0.5, 0.6) is 0 Å². The lowest BCUT2D eigenvalue weighted by Crippen LogP contribution is -2.34. The van der Waals surface area contributed by atoms with Crippen molar-refractivity contribution in [3.8, 4) is 0 Å². The van der Waals surface area contributed by atoms with Crippen molar-refractivity contribution < 1.29 is 9.59 Å². The van der Waals surface area contributed by atoms with Gasteiger partial charge in [-0.2, -0.15) is 0 Å².